The van der Waals surface area contributed by atoms with Crippen LogP contribution in [0.4, 0.5) is 0 Å². The Morgan fingerprint density at radius 2 is 1.53 bits per heavy atom. The summed E-state index contributed by atoms with van der Waals surface area (Å²) in [5.41, 5.74) is 6.12. The van der Waals surface area contributed by atoms with Crippen LogP contribution in [-0.4, -0.2) is 52.7 Å². The lowest BCUT2D eigenvalue weighted by Gasteiger charge is -2.39. The maximum Gasteiger partial charge on any atom is 0.303 e. The van der Waals surface area contributed by atoms with E-state index in [1.165, 1.54) is 19.3 Å². The molecule has 2 aliphatic rings. The Balaban J connectivity index is 1.21. The summed E-state index contributed by atoms with van der Waals surface area (Å²) in [4.78, 5) is 25.4. The van der Waals surface area contributed by atoms with Crippen LogP contribution >= 0.6 is 0 Å². The van der Waals surface area contributed by atoms with Crippen LogP contribution in [0, 0.1) is 0 Å². The van der Waals surface area contributed by atoms with Crippen molar-refractivity contribution in [3.63, 3.8) is 0 Å². The first-order valence-electron chi connectivity index (χ1n) is 16.4. The number of hydrogen-bond donors (Lipinski definition) is 3. The van der Waals surface area contributed by atoms with Crippen LogP contribution in [0.1, 0.15) is 92.4 Å². The number of piperidine rings is 1. The van der Waals surface area contributed by atoms with Crippen LogP contribution in [-0.2, 0) is 32.2 Å². The molecule has 0 spiro atoms. The third kappa shape index (κ3) is 9.96. The second-order valence-corrected chi connectivity index (χ2v) is 12.3. The van der Waals surface area contributed by atoms with Gasteiger partial charge in [0.25, 0.3) is 0 Å². The van der Waals surface area contributed by atoms with Gasteiger partial charge in [-0.25, -0.2) is 0 Å². The summed E-state index contributed by atoms with van der Waals surface area (Å²) in [5.74, 6) is -0.814. The highest BCUT2D eigenvalue weighted by atomic mass is 16.7. The van der Waals surface area contributed by atoms with E-state index in [0.29, 0.717) is 25.8 Å². The molecule has 0 saturated carbocycles. The second-order valence-electron chi connectivity index (χ2n) is 12.3. The standard InChI is InChI=1S/C37H46N2O6/c40-26-27-12-14-30(15-13-27)34-23-33(25-39-20-5-2-6-21-39)44-37(45-34)31-18-16-29(17-19-31)32-9-7-8-28(22-32)24-38-35(41)10-3-1-4-11-36(42)43/h7-9,12-19,22,33-34,37,40H,1-6,10-11,20-21,23-26H2,(H,38,41)(H,42,43)/t33-,34+,37+/m0/s1. The smallest absolute Gasteiger partial charge is 0.303 e. The van der Waals surface area contributed by atoms with Crippen molar-refractivity contribution in [2.75, 3.05) is 19.6 Å². The zero-order valence-electron chi connectivity index (χ0n) is 26.0. The van der Waals surface area contributed by atoms with Crippen molar-refractivity contribution in [2.45, 2.75) is 89.4 Å². The minimum absolute atomic E-state index is 0.0196. The SMILES string of the molecule is O=C(O)CCCCCC(=O)NCc1cccc(-c2ccc([C@@H]3O[C@H](CN4CCCCC4)C[C@H](c4ccc(CO)cc4)O3)cc2)c1. The number of nitrogens with one attached hydrogen (secondary N) is 1. The normalized spacial score (nSPS) is 20.5. The number of hydrogen-bond acceptors (Lipinski definition) is 6. The van der Waals surface area contributed by atoms with Crippen molar-refractivity contribution in [3.05, 3.63) is 95.1 Å². The molecule has 3 aromatic rings. The number of nitrogens with zero attached hydrogens (tertiary/aromatic N) is 1. The molecule has 45 heavy (non-hydrogen) atoms. The molecule has 8 heteroatoms. The number of carboxylic acids is 1. The highest BCUT2D eigenvalue weighted by Crippen LogP contribution is 2.39. The monoisotopic (exact) mass is 614 g/mol. The number of rotatable bonds is 14. The van der Waals surface area contributed by atoms with Crippen molar-refractivity contribution in [2.24, 2.45) is 0 Å². The molecule has 2 heterocycles. The van der Waals surface area contributed by atoms with E-state index in [1.807, 2.05) is 24.3 Å². The number of aliphatic carboxylic acids is 1. The largest absolute Gasteiger partial charge is 0.481 e. The summed E-state index contributed by atoms with van der Waals surface area (Å²) >= 11 is 0. The number of benzene rings is 3. The molecule has 0 unspecified atom stereocenters. The number of amides is 1. The molecular weight excluding hydrogens is 568 g/mol. The van der Waals surface area contributed by atoms with Gasteiger partial charge in [-0.3, -0.25) is 9.59 Å². The third-order valence-electron chi connectivity index (χ3n) is 8.75. The minimum Gasteiger partial charge on any atom is -0.481 e. The van der Waals surface area contributed by atoms with Gasteiger partial charge in [-0.05, 0) is 72.7 Å². The zero-order valence-corrected chi connectivity index (χ0v) is 26.0. The van der Waals surface area contributed by atoms with Gasteiger partial charge >= 0.3 is 5.97 Å². The van der Waals surface area contributed by atoms with Crippen LogP contribution < -0.4 is 5.32 Å². The maximum atomic E-state index is 12.3. The van der Waals surface area contributed by atoms with Gasteiger partial charge in [0.1, 0.15) is 0 Å². The predicted octanol–water partition coefficient (Wildman–Crippen LogP) is 6.53. The zero-order chi connectivity index (χ0) is 31.4. The molecule has 3 aromatic carbocycles. The summed E-state index contributed by atoms with van der Waals surface area (Å²) in [6, 6.07) is 24.5. The molecule has 5 rings (SSSR count). The van der Waals surface area contributed by atoms with Gasteiger partial charge in [0, 0.05) is 37.9 Å². The molecule has 2 fully saturated rings. The van der Waals surface area contributed by atoms with Crippen LogP contribution in [0.25, 0.3) is 11.1 Å². The minimum atomic E-state index is -0.795. The Hall–Kier alpha value is -3.56. The molecule has 1 amide bonds. The number of unbranched alkanes of at least 4 members (excludes halogenated alkanes) is 2. The molecule has 0 aromatic heterocycles. The molecule has 8 nitrogen and oxygen atoms in total. The molecule has 240 valence electrons. The Labute approximate surface area is 266 Å². The Morgan fingerprint density at radius 3 is 2.27 bits per heavy atom. The van der Waals surface area contributed by atoms with E-state index in [0.717, 1.165) is 65.9 Å². The van der Waals surface area contributed by atoms with Crippen LogP contribution in [0.5, 0.6) is 0 Å². The average molecular weight is 615 g/mol. The molecular formula is C37H46N2O6. The van der Waals surface area contributed by atoms with Crippen LogP contribution in [0.15, 0.2) is 72.8 Å². The van der Waals surface area contributed by atoms with Crippen molar-refractivity contribution in [3.8, 4) is 11.1 Å². The van der Waals surface area contributed by atoms with Crippen LogP contribution in [0.2, 0.25) is 0 Å². The van der Waals surface area contributed by atoms with E-state index in [4.69, 9.17) is 14.6 Å². The molecule has 0 aliphatic carbocycles. The van der Waals surface area contributed by atoms with Crippen LogP contribution in [0.3, 0.4) is 0 Å². The summed E-state index contributed by atoms with van der Waals surface area (Å²) in [6.45, 7) is 3.61. The summed E-state index contributed by atoms with van der Waals surface area (Å²) in [6.07, 6.45) is 6.63. The Bertz CT molecular complexity index is 1370. The Morgan fingerprint density at radius 1 is 0.800 bits per heavy atom. The fourth-order valence-electron chi connectivity index (χ4n) is 6.18. The lowest BCUT2D eigenvalue weighted by Crippen LogP contribution is -2.41. The number of ether oxygens (including phenoxy) is 2. The van der Waals surface area contributed by atoms with Crippen molar-refractivity contribution in [1.29, 1.82) is 0 Å². The third-order valence-corrected chi connectivity index (χ3v) is 8.75. The number of aliphatic hydroxyl groups excluding tert-OH is 1. The van der Waals surface area contributed by atoms with Gasteiger partial charge in [-0.2, -0.15) is 0 Å². The highest BCUT2D eigenvalue weighted by Gasteiger charge is 2.33. The fraction of sp³-hybridized carbons (Fsp3) is 0.459. The first-order valence-corrected chi connectivity index (χ1v) is 16.4. The van der Waals surface area contributed by atoms with E-state index in [-0.39, 0.29) is 31.1 Å². The highest BCUT2D eigenvalue weighted by molar-refractivity contribution is 5.76. The van der Waals surface area contributed by atoms with Gasteiger partial charge < -0.3 is 29.9 Å². The number of carboxylic acid groups (broad SMARTS) is 1. The van der Waals surface area contributed by atoms with E-state index >= 15 is 0 Å². The molecule has 0 bridgehead atoms. The van der Waals surface area contributed by atoms with E-state index in [2.05, 4.69) is 58.7 Å². The Kier molecular flexibility index (Phi) is 12.2. The number of carbonyl (C=O) groups excluding carboxylic acids is 1. The van der Waals surface area contributed by atoms with E-state index in [1.54, 1.807) is 0 Å². The van der Waals surface area contributed by atoms with E-state index < -0.39 is 12.3 Å². The maximum absolute atomic E-state index is 12.3. The van der Waals surface area contributed by atoms with Gasteiger partial charge in [0.15, 0.2) is 6.29 Å². The number of aliphatic hydroxyl groups is 1. The first-order chi connectivity index (χ1) is 22.0. The lowest BCUT2D eigenvalue weighted by atomic mass is 9.98. The predicted molar refractivity (Wildman–Crippen MR) is 173 cm³/mol. The average Bonchev–Trinajstić information content (AvgIpc) is 3.07. The first kappa shape index (κ1) is 32.8. The summed E-state index contributed by atoms with van der Waals surface area (Å²) in [5, 5.41) is 21.2. The molecule has 2 aliphatic heterocycles. The van der Waals surface area contributed by atoms with Gasteiger partial charge in [-0.15, -0.1) is 0 Å². The molecule has 3 N–H and O–H groups in total. The number of likely N-dealkylation sites (tertiary alicyclic amines) is 1. The molecule has 3 atom stereocenters. The number of carbonyl (C=O) groups is 2. The quantitative estimate of drug-likeness (QED) is 0.177. The second kappa shape index (κ2) is 16.7. The fourth-order valence-corrected chi connectivity index (χ4v) is 6.18. The van der Waals surface area contributed by atoms with E-state index in [9.17, 15) is 14.7 Å². The topological polar surface area (TPSA) is 108 Å². The summed E-state index contributed by atoms with van der Waals surface area (Å²) < 4.78 is 13.1. The summed E-state index contributed by atoms with van der Waals surface area (Å²) in [7, 11) is 0. The van der Waals surface area contributed by atoms with Gasteiger partial charge in [0.2, 0.25) is 5.91 Å². The molecule has 2 saturated heterocycles. The van der Waals surface area contributed by atoms with Gasteiger partial charge in [-0.1, -0.05) is 79.6 Å². The van der Waals surface area contributed by atoms with Gasteiger partial charge in [0.05, 0.1) is 18.8 Å². The molecule has 0 radical (unpaired) electrons. The van der Waals surface area contributed by atoms with Crippen molar-refractivity contribution < 1.29 is 29.3 Å². The lowest BCUT2D eigenvalue weighted by molar-refractivity contribution is -0.253. The van der Waals surface area contributed by atoms with Crippen molar-refractivity contribution in [1.82, 2.24) is 10.2 Å². The van der Waals surface area contributed by atoms with Crippen molar-refractivity contribution >= 4 is 11.9 Å².